The van der Waals surface area contributed by atoms with E-state index < -0.39 is 0 Å². The van der Waals surface area contributed by atoms with Gasteiger partial charge in [-0.3, -0.25) is 0 Å². The molecule has 0 aromatic rings. The van der Waals surface area contributed by atoms with Crippen LogP contribution in [0.3, 0.4) is 0 Å². The predicted molar refractivity (Wildman–Crippen MR) is 72.7 cm³/mol. The standard InChI is InChI=1S/C13H25NO2S/c1-11(17-2)10-14-12-3-6-16-13(9-12)4-7-15-8-5-13/h11-12,14H,3-10H2,1-2H3. The van der Waals surface area contributed by atoms with E-state index in [9.17, 15) is 0 Å². The molecule has 0 amide bonds. The topological polar surface area (TPSA) is 30.5 Å². The first-order valence-corrected chi connectivity index (χ1v) is 8.01. The monoisotopic (exact) mass is 259 g/mol. The molecule has 0 radical (unpaired) electrons. The van der Waals surface area contributed by atoms with E-state index in [2.05, 4.69) is 18.5 Å². The molecule has 0 aliphatic carbocycles. The van der Waals surface area contributed by atoms with Crippen LogP contribution in [0, 0.1) is 0 Å². The molecule has 100 valence electrons. The number of ether oxygens (including phenoxy) is 2. The normalized spacial score (nSPS) is 30.4. The van der Waals surface area contributed by atoms with E-state index in [1.807, 2.05) is 11.8 Å². The summed E-state index contributed by atoms with van der Waals surface area (Å²) in [6, 6.07) is 0.636. The van der Waals surface area contributed by atoms with Gasteiger partial charge in [-0.1, -0.05) is 6.92 Å². The fourth-order valence-electron chi connectivity index (χ4n) is 2.71. The van der Waals surface area contributed by atoms with Gasteiger partial charge >= 0.3 is 0 Å². The van der Waals surface area contributed by atoms with E-state index in [4.69, 9.17) is 9.47 Å². The van der Waals surface area contributed by atoms with Crippen LogP contribution in [0.1, 0.15) is 32.6 Å². The zero-order valence-electron chi connectivity index (χ0n) is 11.0. The Balaban J connectivity index is 1.79. The molecule has 0 aromatic carbocycles. The average Bonchev–Trinajstić information content (AvgIpc) is 2.37. The van der Waals surface area contributed by atoms with Crippen molar-refractivity contribution in [1.82, 2.24) is 5.32 Å². The summed E-state index contributed by atoms with van der Waals surface area (Å²) in [6.45, 7) is 6.03. The average molecular weight is 259 g/mol. The van der Waals surface area contributed by atoms with Crippen molar-refractivity contribution in [3.63, 3.8) is 0 Å². The molecule has 2 unspecified atom stereocenters. The van der Waals surface area contributed by atoms with Crippen molar-refractivity contribution in [2.45, 2.75) is 49.5 Å². The lowest BCUT2D eigenvalue weighted by molar-refractivity contribution is -0.140. The number of rotatable bonds is 4. The first kappa shape index (κ1) is 13.7. The lowest BCUT2D eigenvalue weighted by atomic mass is 9.84. The van der Waals surface area contributed by atoms with Gasteiger partial charge in [-0.05, 0) is 31.9 Å². The van der Waals surface area contributed by atoms with Gasteiger partial charge in [-0.2, -0.15) is 11.8 Å². The third-order valence-corrected chi connectivity index (χ3v) is 4.96. The second-order valence-corrected chi connectivity index (χ2v) is 6.56. The molecule has 17 heavy (non-hydrogen) atoms. The third-order valence-electron chi connectivity index (χ3n) is 3.99. The second-order valence-electron chi connectivity index (χ2n) is 5.29. The number of thioether (sulfide) groups is 1. The Labute approximate surface area is 109 Å². The first-order valence-electron chi connectivity index (χ1n) is 6.72. The summed E-state index contributed by atoms with van der Waals surface area (Å²) >= 11 is 1.93. The van der Waals surface area contributed by atoms with E-state index in [-0.39, 0.29) is 5.60 Å². The van der Waals surface area contributed by atoms with Crippen molar-refractivity contribution in [2.75, 3.05) is 32.6 Å². The number of hydrogen-bond acceptors (Lipinski definition) is 4. The molecule has 2 rings (SSSR count). The molecule has 0 bridgehead atoms. The fraction of sp³-hybridized carbons (Fsp3) is 1.00. The van der Waals surface area contributed by atoms with Gasteiger partial charge in [-0.15, -0.1) is 0 Å². The van der Waals surface area contributed by atoms with Crippen LogP contribution >= 0.6 is 11.8 Å². The van der Waals surface area contributed by atoms with Gasteiger partial charge in [0.15, 0.2) is 0 Å². The summed E-state index contributed by atoms with van der Waals surface area (Å²) in [6.07, 6.45) is 6.64. The molecule has 0 aromatic heterocycles. The summed E-state index contributed by atoms with van der Waals surface area (Å²) < 4.78 is 11.5. The van der Waals surface area contributed by atoms with Crippen LogP contribution in [0.4, 0.5) is 0 Å². The van der Waals surface area contributed by atoms with Gasteiger partial charge in [0.1, 0.15) is 0 Å². The minimum absolute atomic E-state index is 0.122. The van der Waals surface area contributed by atoms with Gasteiger partial charge < -0.3 is 14.8 Å². The van der Waals surface area contributed by atoms with Gasteiger partial charge in [0.05, 0.1) is 5.60 Å². The largest absolute Gasteiger partial charge is 0.381 e. The summed E-state index contributed by atoms with van der Waals surface area (Å²) in [4.78, 5) is 0. The number of hydrogen-bond donors (Lipinski definition) is 1. The van der Waals surface area contributed by atoms with Crippen molar-refractivity contribution >= 4 is 11.8 Å². The molecule has 0 saturated carbocycles. The molecule has 1 spiro atoms. The van der Waals surface area contributed by atoms with Crippen molar-refractivity contribution in [1.29, 1.82) is 0 Å². The van der Waals surface area contributed by atoms with Crippen LogP contribution in [0.25, 0.3) is 0 Å². The van der Waals surface area contributed by atoms with Crippen molar-refractivity contribution < 1.29 is 9.47 Å². The van der Waals surface area contributed by atoms with Gasteiger partial charge in [0.25, 0.3) is 0 Å². The van der Waals surface area contributed by atoms with E-state index >= 15 is 0 Å². The summed E-state index contributed by atoms with van der Waals surface area (Å²) in [5.74, 6) is 0. The maximum atomic E-state index is 6.04. The highest BCUT2D eigenvalue weighted by atomic mass is 32.2. The summed E-state index contributed by atoms with van der Waals surface area (Å²) in [7, 11) is 0. The highest BCUT2D eigenvalue weighted by Gasteiger charge is 2.38. The van der Waals surface area contributed by atoms with E-state index in [1.54, 1.807) is 0 Å². The highest BCUT2D eigenvalue weighted by molar-refractivity contribution is 7.99. The van der Waals surface area contributed by atoms with E-state index in [1.165, 1.54) is 0 Å². The fourth-order valence-corrected chi connectivity index (χ4v) is 2.97. The molecule has 2 aliphatic rings. The zero-order valence-corrected chi connectivity index (χ0v) is 11.9. The quantitative estimate of drug-likeness (QED) is 0.837. The van der Waals surface area contributed by atoms with Crippen LogP contribution in [0.15, 0.2) is 0 Å². The summed E-state index contributed by atoms with van der Waals surface area (Å²) in [5.41, 5.74) is 0.122. The smallest absolute Gasteiger partial charge is 0.0741 e. The van der Waals surface area contributed by atoms with E-state index in [0.29, 0.717) is 11.3 Å². The van der Waals surface area contributed by atoms with Gasteiger partial charge in [0.2, 0.25) is 0 Å². The van der Waals surface area contributed by atoms with E-state index in [0.717, 1.165) is 52.0 Å². The minimum atomic E-state index is 0.122. The zero-order chi connectivity index (χ0) is 12.1. The van der Waals surface area contributed by atoms with Crippen LogP contribution in [0.5, 0.6) is 0 Å². The predicted octanol–water partition coefficient (Wildman–Crippen LogP) is 2.06. The Bertz CT molecular complexity index is 226. The lowest BCUT2D eigenvalue weighted by Gasteiger charge is -2.43. The molecule has 2 atom stereocenters. The molecular formula is C13H25NO2S. The molecule has 2 aliphatic heterocycles. The minimum Gasteiger partial charge on any atom is -0.381 e. The van der Waals surface area contributed by atoms with Crippen molar-refractivity contribution in [2.24, 2.45) is 0 Å². The number of nitrogens with one attached hydrogen (secondary N) is 1. The molecular weight excluding hydrogens is 234 g/mol. The second kappa shape index (κ2) is 6.41. The molecule has 3 nitrogen and oxygen atoms in total. The molecule has 4 heteroatoms. The third kappa shape index (κ3) is 3.85. The lowest BCUT2D eigenvalue weighted by Crippen LogP contribution is -2.50. The van der Waals surface area contributed by atoms with Crippen molar-refractivity contribution in [3.8, 4) is 0 Å². The summed E-state index contributed by atoms with van der Waals surface area (Å²) in [5, 5.41) is 4.40. The first-order chi connectivity index (χ1) is 8.24. The van der Waals surface area contributed by atoms with Crippen molar-refractivity contribution in [3.05, 3.63) is 0 Å². The van der Waals surface area contributed by atoms with Crippen LogP contribution in [-0.4, -0.2) is 49.5 Å². The molecule has 1 N–H and O–H groups in total. The maximum absolute atomic E-state index is 6.04. The molecule has 2 heterocycles. The Hall–Kier alpha value is 0.230. The Kier molecular flexibility index (Phi) is 5.15. The molecule has 2 saturated heterocycles. The molecule has 2 fully saturated rings. The Morgan fingerprint density at radius 3 is 2.82 bits per heavy atom. The highest BCUT2D eigenvalue weighted by Crippen LogP contribution is 2.34. The van der Waals surface area contributed by atoms with Crippen LogP contribution < -0.4 is 5.32 Å². The van der Waals surface area contributed by atoms with Gasteiger partial charge in [-0.25, -0.2) is 0 Å². The Morgan fingerprint density at radius 2 is 2.12 bits per heavy atom. The van der Waals surface area contributed by atoms with Crippen LogP contribution in [-0.2, 0) is 9.47 Å². The SMILES string of the molecule is CSC(C)CNC1CCOC2(CCOCC2)C1. The van der Waals surface area contributed by atoms with Crippen LogP contribution in [0.2, 0.25) is 0 Å². The van der Waals surface area contributed by atoms with Gasteiger partial charge in [0, 0.05) is 37.7 Å². The maximum Gasteiger partial charge on any atom is 0.0741 e. The Morgan fingerprint density at radius 1 is 1.35 bits per heavy atom.